The summed E-state index contributed by atoms with van der Waals surface area (Å²) in [4.78, 5) is 2.56. The van der Waals surface area contributed by atoms with Crippen LogP contribution in [0, 0.1) is 13.8 Å². The van der Waals surface area contributed by atoms with Gasteiger partial charge in [-0.2, -0.15) is 0 Å². The molecule has 1 spiro atoms. The lowest BCUT2D eigenvalue weighted by Crippen LogP contribution is -2.33. The zero-order valence-electron chi connectivity index (χ0n) is 43.7. The fourth-order valence-electron chi connectivity index (χ4n) is 14.9. The standard InChI is InChI=1S/C76H50N2S/c1-47-35-41-67-59(43-47)60-44-48(2)45-66-73(60)78(67)68-42-38-50(46-65(68)76(66)61-28-13-9-23-54(61)55-24-10-14-29-62(55)76)49-36-39-53(40-37-49)77(70-33-17-27-57-56-25-12-16-34-71(56)79-74(57)70)69-32-18-31-64-72(69)58-26-11-15-30-63(58)75(64,51-19-5-3-6-20-51)52-21-7-4-8-22-52/h3-46H,1-2H3. The summed E-state index contributed by atoms with van der Waals surface area (Å²) in [7, 11) is 0. The molecule has 12 aromatic carbocycles. The van der Waals surface area contributed by atoms with Crippen molar-refractivity contribution in [1.82, 2.24) is 4.57 Å². The van der Waals surface area contributed by atoms with E-state index in [1.807, 2.05) is 11.3 Å². The SMILES string of the molecule is Cc1ccc2c(c1)c1cc(C)cc3c1n2-c1ccc(-c2ccc(N(c4cccc5c4-c4ccccc4C5(c4ccccc4)c4ccccc4)c4cccc5c4sc4ccccc45)cc2)cc1C31c2ccccc2-c2ccccc21. The lowest BCUT2D eigenvalue weighted by atomic mass is 9.65. The summed E-state index contributed by atoms with van der Waals surface area (Å²) in [6, 6.07) is 101. The molecule has 17 rings (SSSR count). The van der Waals surface area contributed by atoms with Gasteiger partial charge < -0.3 is 9.47 Å². The minimum Gasteiger partial charge on any atom is -0.309 e. The number of hydrogen-bond acceptors (Lipinski definition) is 2. The lowest BCUT2D eigenvalue weighted by molar-refractivity contribution is 0.748. The van der Waals surface area contributed by atoms with Crippen molar-refractivity contribution < 1.29 is 0 Å². The van der Waals surface area contributed by atoms with Gasteiger partial charge in [-0.1, -0.05) is 217 Å². The molecular formula is C76H50N2S. The molecule has 3 aliphatic rings. The van der Waals surface area contributed by atoms with Gasteiger partial charge in [0.2, 0.25) is 0 Å². The molecule has 0 bridgehead atoms. The second kappa shape index (κ2) is 16.5. The van der Waals surface area contributed by atoms with Gasteiger partial charge in [0.15, 0.2) is 0 Å². The van der Waals surface area contributed by atoms with Gasteiger partial charge in [-0.25, -0.2) is 0 Å². The summed E-state index contributed by atoms with van der Waals surface area (Å²) in [6.45, 7) is 4.49. The van der Waals surface area contributed by atoms with Crippen molar-refractivity contribution in [2.45, 2.75) is 24.7 Å². The quantitative estimate of drug-likeness (QED) is 0.161. The van der Waals surface area contributed by atoms with Crippen LogP contribution < -0.4 is 4.90 Å². The van der Waals surface area contributed by atoms with E-state index in [9.17, 15) is 0 Å². The van der Waals surface area contributed by atoms with Crippen molar-refractivity contribution >= 4 is 70.4 Å². The molecule has 0 fully saturated rings. The van der Waals surface area contributed by atoms with Crippen LogP contribution in [-0.2, 0) is 10.8 Å². The number of rotatable bonds is 6. The Kier molecular flexibility index (Phi) is 9.30. The van der Waals surface area contributed by atoms with Gasteiger partial charge in [0, 0.05) is 37.5 Å². The number of nitrogens with zero attached hydrogens (tertiary/aromatic N) is 2. The number of thiophene rings is 1. The molecule has 0 N–H and O–H groups in total. The molecule has 370 valence electrons. The minimum absolute atomic E-state index is 0.537. The number of benzene rings is 12. The average molecular weight is 1020 g/mol. The summed E-state index contributed by atoms with van der Waals surface area (Å²) in [5.74, 6) is 0. The minimum atomic E-state index is -0.541. The second-order valence-corrected chi connectivity index (χ2v) is 23.1. The molecular weight excluding hydrogens is 973 g/mol. The van der Waals surface area contributed by atoms with Crippen LogP contribution in [0.15, 0.2) is 267 Å². The van der Waals surface area contributed by atoms with Crippen LogP contribution in [0.2, 0.25) is 0 Å². The molecule has 3 heteroatoms. The summed E-state index contributed by atoms with van der Waals surface area (Å²) in [5.41, 5.74) is 26.6. The summed E-state index contributed by atoms with van der Waals surface area (Å²) >= 11 is 1.88. The number of aromatic nitrogens is 1. The first-order valence-corrected chi connectivity index (χ1v) is 28.4. The molecule has 2 aliphatic carbocycles. The molecule has 0 amide bonds. The maximum atomic E-state index is 2.57. The average Bonchev–Trinajstić information content (AvgIpc) is 2.57. The van der Waals surface area contributed by atoms with Crippen LogP contribution in [-0.4, -0.2) is 4.57 Å². The Morgan fingerprint density at radius 1 is 0.367 bits per heavy atom. The number of fused-ring (bicyclic) bond motifs is 18. The molecule has 0 atom stereocenters. The van der Waals surface area contributed by atoms with Gasteiger partial charge in [0.1, 0.15) is 0 Å². The molecule has 1 aliphatic heterocycles. The molecule has 0 saturated carbocycles. The molecule has 79 heavy (non-hydrogen) atoms. The van der Waals surface area contributed by atoms with Crippen LogP contribution in [0.25, 0.3) is 81.0 Å². The third-order valence-electron chi connectivity index (χ3n) is 17.9. The Balaban J connectivity index is 0.901. The Morgan fingerprint density at radius 2 is 0.949 bits per heavy atom. The summed E-state index contributed by atoms with van der Waals surface area (Å²) in [5, 5.41) is 5.17. The summed E-state index contributed by atoms with van der Waals surface area (Å²) < 4.78 is 5.13. The van der Waals surface area contributed by atoms with E-state index in [1.54, 1.807) is 0 Å². The molecule has 0 unspecified atom stereocenters. The van der Waals surface area contributed by atoms with Crippen molar-refractivity contribution in [2.24, 2.45) is 0 Å². The van der Waals surface area contributed by atoms with Gasteiger partial charge in [-0.15, -0.1) is 11.3 Å². The zero-order chi connectivity index (χ0) is 52.1. The number of hydrogen-bond donors (Lipinski definition) is 0. The third kappa shape index (κ3) is 5.90. The van der Waals surface area contributed by atoms with Crippen LogP contribution in [0.4, 0.5) is 17.1 Å². The van der Waals surface area contributed by atoms with Gasteiger partial charge in [0.25, 0.3) is 0 Å². The van der Waals surface area contributed by atoms with Gasteiger partial charge >= 0.3 is 0 Å². The van der Waals surface area contributed by atoms with E-state index in [0.29, 0.717) is 0 Å². The van der Waals surface area contributed by atoms with Gasteiger partial charge in [-0.3, -0.25) is 0 Å². The van der Waals surface area contributed by atoms with E-state index < -0.39 is 10.8 Å². The van der Waals surface area contributed by atoms with Gasteiger partial charge in [0.05, 0.1) is 43.6 Å². The monoisotopic (exact) mass is 1020 g/mol. The maximum absolute atomic E-state index is 2.57. The summed E-state index contributed by atoms with van der Waals surface area (Å²) in [6.07, 6.45) is 0. The van der Waals surface area contributed by atoms with E-state index >= 15 is 0 Å². The van der Waals surface area contributed by atoms with Crippen molar-refractivity contribution in [3.63, 3.8) is 0 Å². The van der Waals surface area contributed by atoms with Crippen LogP contribution in [0.1, 0.15) is 55.6 Å². The van der Waals surface area contributed by atoms with E-state index in [0.717, 1.165) is 17.1 Å². The van der Waals surface area contributed by atoms with Crippen molar-refractivity contribution in [3.8, 4) is 39.1 Å². The van der Waals surface area contributed by atoms with Crippen LogP contribution >= 0.6 is 11.3 Å². The Morgan fingerprint density at radius 3 is 1.68 bits per heavy atom. The predicted molar refractivity (Wildman–Crippen MR) is 331 cm³/mol. The molecule has 0 radical (unpaired) electrons. The molecule has 2 aromatic heterocycles. The highest BCUT2D eigenvalue weighted by Gasteiger charge is 2.51. The molecule has 2 nitrogen and oxygen atoms in total. The molecule has 3 heterocycles. The second-order valence-electron chi connectivity index (χ2n) is 22.0. The Labute approximate surface area is 463 Å². The van der Waals surface area contributed by atoms with Crippen molar-refractivity contribution in [1.29, 1.82) is 0 Å². The number of aryl methyl sites for hydroxylation is 2. The fraction of sp³-hybridized carbons (Fsp3) is 0.0526. The van der Waals surface area contributed by atoms with E-state index in [4.69, 9.17) is 0 Å². The Bertz CT molecular complexity index is 4780. The Hall–Kier alpha value is -9.54. The normalized spacial score (nSPS) is 13.9. The first kappa shape index (κ1) is 44.6. The van der Waals surface area contributed by atoms with Crippen LogP contribution in [0.5, 0.6) is 0 Å². The first-order chi connectivity index (χ1) is 39.0. The maximum Gasteiger partial charge on any atom is 0.0754 e. The van der Waals surface area contributed by atoms with Crippen LogP contribution in [0.3, 0.4) is 0 Å². The highest BCUT2D eigenvalue weighted by molar-refractivity contribution is 7.26. The third-order valence-corrected chi connectivity index (χ3v) is 19.2. The van der Waals surface area contributed by atoms with E-state index in [-0.39, 0.29) is 0 Å². The zero-order valence-corrected chi connectivity index (χ0v) is 44.5. The highest BCUT2D eigenvalue weighted by Crippen LogP contribution is 2.63. The topological polar surface area (TPSA) is 8.17 Å². The highest BCUT2D eigenvalue weighted by atomic mass is 32.1. The van der Waals surface area contributed by atoms with E-state index in [2.05, 4.69) is 290 Å². The van der Waals surface area contributed by atoms with Gasteiger partial charge in [-0.05, 0) is 147 Å². The smallest absolute Gasteiger partial charge is 0.0754 e. The largest absolute Gasteiger partial charge is 0.309 e. The lowest BCUT2D eigenvalue weighted by Gasteiger charge is -2.40. The van der Waals surface area contributed by atoms with E-state index in [1.165, 1.54) is 137 Å². The number of anilines is 3. The molecule has 0 saturated heterocycles. The first-order valence-electron chi connectivity index (χ1n) is 27.6. The predicted octanol–water partition coefficient (Wildman–Crippen LogP) is 19.9. The van der Waals surface area contributed by atoms with Crippen molar-refractivity contribution in [2.75, 3.05) is 4.90 Å². The molecule has 14 aromatic rings. The van der Waals surface area contributed by atoms with Crippen molar-refractivity contribution in [3.05, 3.63) is 323 Å². The fourth-order valence-corrected chi connectivity index (χ4v) is 16.1.